The summed E-state index contributed by atoms with van der Waals surface area (Å²) in [5, 5.41) is 0. The molecular formula is C30H34O4. The van der Waals surface area contributed by atoms with Gasteiger partial charge < -0.3 is 9.47 Å². The van der Waals surface area contributed by atoms with Gasteiger partial charge in [0.2, 0.25) is 0 Å². The van der Waals surface area contributed by atoms with Crippen LogP contribution >= 0.6 is 0 Å². The summed E-state index contributed by atoms with van der Waals surface area (Å²) < 4.78 is 11.5. The monoisotopic (exact) mass is 458 g/mol. The van der Waals surface area contributed by atoms with Crippen LogP contribution in [0.3, 0.4) is 0 Å². The molecule has 178 valence electrons. The van der Waals surface area contributed by atoms with Crippen LogP contribution in [0.15, 0.2) is 84.5 Å². The number of benzene rings is 2. The summed E-state index contributed by atoms with van der Waals surface area (Å²) >= 11 is 0. The lowest BCUT2D eigenvalue weighted by molar-refractivity contribution is -0.179. The third-order valence-electron chi connectivity index (χ3n) is 6.89. The zero-order valence-electron chi connectivity index (χ0n) is 20.0. The van der Waals surface area contributed by atoms with Crippen molar-refractivity contribution >= 4 is 11.9 Å². The van der Waals surface area contributed by atoms with E-state index in [9.17, 15) is 9.59 Å². The third-order valence-corrected chi connectivity index (χ3v) is 6.89. The van der Waals surface area contributed by atoms with E-state index in [1.54, 1.807) is 0 Å². The molecule has 4 rings (SSSR count). The molecule has 1 fully saturated rings. The Labute approximate surface area is 202 Å². The highest BCUT2D eigenvalue weighted by atomic mass is 16.6. The highest BCUT2D eigenvalue weighted by Crippen LogP contribution is 2.47. The molecule has 0 aliphatic heterocycles. The SMILES string of the molecule is CCCCC1=CC2CC(C=C1)CC(C(=O)OCc1ccccc1)(C(=O)OCc1ccccc1)C2. The van der Waals surface area contributed by atoms with Crippen molar-refractivity contribution in [2.24, 2.45) is 17.3 Å². The van der Waals surface area contributed by atoms with Crippen molar-refractivity contribution in [3.8, 4) is 0 Å². The molecule has 0 saturated heterocycles. The molecule has 4 heteroatoms. The van der Waals surface area contributed by atoms with Gasteiger partial charge in [0.25, 0.3) is 0 Å². The topological polar surface area (TPSA) is 52.6 Å². The number of esters is 2. The van der Waals surface area contributed by atoms with Crippen LogP contribution in [0.5, 0.6) is 0 Å². The first-order valence-corrected chi connectivity index (χ1v) is 12.4. The lowest BCUT2D eigenvalue weighted by atomic mass is 9.65. The van der Waals surface area contributed by atoms with Gasteiger partial charge in [-0.3, -0.25) is 9.59 Å². The first-order chi connectivity index (χ1) is 16.6. The highest BCUT2D eigenvalue weighted by molar-refractivity contribution is 6.00. The second-order valence-corrected chi connectivity index (χ2v) is 9.57. The fraction of sp³-hybridized carbons (Fsp3) is 0.400. The van der Waals surface area contributed by atoms with Gasteiger partial charge in [-0.1, -0.05) is 97.8 Å². The largest absolute Gasteiger partial charge is 0.460 e. The van der Waals surface area contributed by atoms with Gasteiger partial charge in [-0.2, -0.15) is 0 Å². The van der Waals surface area contributed by atoms with E-state index < -0.39 is 17.4 Å². The lowest BCUT2D eigenvalue weighted by Gasteiger charge is -2.39. The predicted octanol–water partition coefficient (Wildman–Crippen LogP) is 6.56. The molecule has 0 amide bonds. The number of fused-ring (bicyclic) bond motifs is 2. The van der Waals surface area contributed by atoms with Gasteiger partial charge >= 0.3 is 11.9 Å². The molecule has 0 N–H and O–H groups in total. The summed E-state index contributed by atoms with van der Waals surface area (Å²) in [6.45, 7) is 2.49. The molecule has 2 aromatic carbocycles. The van der Waals surface area contributed by atoms with Crippen molar-refractivity contribution in [1.82, 2.24) is 0 Å². The Hall–Kier alpha value is -3.14. The van der Waals surface area contributed by atoms with Crippen molar-refractivity contribution in [2.45, 2.75) is 58.7 Å². The molecule has 2 unspecified atom stereocenters. The first kappa shape index (κ1) is 24.0. The molecular weight excluding hydrogens is 424 g/mol. The molecule has 1 saturated carbocycles. The summed E-state index contributed by atoms with van der Waals surface area (Å²) in [5.74, 6) is -0.650. The third kappa shape index (κ3) is 5.85. The van der Waals surface area contributed by atoms with E-state index in [0.717, 1.165) is 36.8 Å². The van der Waals surface area contributed by atoms with Gasteiger partial charge in [0.1, 0.15) is 13.2 Å². The van der Waals surface area contributed by atoms with Crippen LogP contribution in [0.4, 0.5) is 0 Å². The van der Waals surface area contributed by atoms with E-state index in [-0.39, 0.29) is 25.0 Å². The highest BCUT2D eigenvalue weighted by Gasteiger charge is 2.54. The van der Waals surface area contributed by atoms with Gasteiger partial charge in [0.15, 0.2) is 5.41 Å². The molecule has 34 heavy (non-hydrogen) atoms. The normalized spacial score (nSPS) is 20.7. The van der Waals surface area contributed by atoms with E-state index in [2.05, 4.69) is 25.2 Å². The predicted molar refractivity (Wildman–Crippen MR) is 132 cm³/mol. The number of carbonyl (C=O) groups is 2. The van der Waals surface area contributed by atoms with Crippen molar-refractivity contribution in [2.75, 3.05) is 0 Å². The van der Waals surface area contributed by atoms with Crippen LogP contribution in [0.2, 0.25) is 0 Å². The molecule has 0 spiro atoms. The molecule has 2 aliphatic carbocycles. The summed E-state index contributed by atoms with van der Waals surface area (Å²) in [4.78, 5) is 27.2. The maximum absolute atomic E-state index is 13.6. The number of allylic oxidation sites excluding steroid dienone is 4. The Morgan fingerprint density at radius 3 is 1.97 bits per heavy atom. The molecule has 2 aromatic rings. The second-order valence-electron chi connectivity index (χ2n) is 9.57. The average molecular weight is 459 g/mol. The summed E-state index contributed by atoms with van der Waals surface area (Å²) in [6.07, 6.45) is 11.8. The Bertz CT molecular complexity index is 967. The van der Waals surface area contributed by atoms with E-state index in [0.29, 0.717) is 12.8 Å². The minimum atomic E-state index is -1.29. The van der Waals surface area contributed by atoms with E-state index in [1.165, 1.54) is 5.57 Å². The average Bonchev–Trinajstić information content (AvgIpc) is 3.02. The van der Waals surface area contributed by atoms with Crippen molar-refractivity contribution in [1.29, 1.82) is 0 Å². The fourth-order valence-corrected chi connectivity index (χ4v) is 5.11. The van der Waals surface area contributed by atoms with Crippen LogP contribution in [-0.2, 0) is 32.3 Å². The molecule has 2 atom stereocenters. The maximum atomic E-state index is 13.6. The maximum Gasteiger partial charge on any atom is 0.323 e. The van der Waals surface area contributed by atoms with Crippen LogP contribution in [0, 0.1) is 17.3 Å². The van der Waals surface area contributed by atoms with E-state index in [1.807, 2.05) is 60.7 Å². The summed E-state index contributed by atoms with van der Waals surface area (Å²) in [6, 6.07) is 19.2. The van der Waals surface area contributed by atoms with Crippen LogP contribution in [0.1, 0.15) is 56.6 Å². The summed E-state index contributed by atoms with van der Waals surface area (Å²) in [7, 11) is 0. The molecule has 4 nitrogen and oxygen atoms in total. The lowest BCUT2D eigenvalue weighted by Crippen LogP contribution is -2.47. The van der Waals surface area contributed by atoms with Gasteiger partial charge in [0.05, 0.1) is 0 Å². The van der Waals surface area contributed by atoms with E-state index in [4.69, 9.17) is 9.47 Å². The number of hydrogen-bond acceptors (Lipinski definition) is 4. The minimum absolute atomic E-state index is 0.141. The Morgan fingerprint density at radius 1 is 0.853 bits per heavy atom. The number of carbonyl (C=O) groups excluding carboxylic acids is 2. The van der Waals surface area contributed by atoms with E-state index >= 15 is 0 Å². The first-order valence-electron chi connectivity index (χ1n) is 12.4. The molecule has 0 aromatic heterocycles. The van der Waals surface area contributed by atoms with Gasteiger partial charge in [0, 0.05) is 0 Å². The van der Waals surface area contributed by atoms with Gasteiger partial charge in [-0.15, -0.1) is 0 Å². The number of hydrogen-bond donors (Lipinski definition) is 0. The second kappa shape index (κ2) is 11.3. The van der Waals surface area contributed by atoms with Crippen molar-refractivity contribution in [3.05, 3.63) is 95.6 Å². The number of ether oxygens (including phenoxy) is 2. The van der Waals surface area contributed by atoms with Crippen LogP contribution in [0.25, 0.3) is 0 Å². The summed E-state index contributed by atoms with van der Waals surface area (Å²) in [5.41, 5.74) is 1.82. The smallest absolute Gasteiger partial charge is 0.323 e. The molecule has 0 radical (unpaired) electrons. The Kier molecular flexibility index (Phi) is 7.99. The Balaban J connectivity index is 1.56. The van der Waals surface area contributed by atoms with Crippen LogP contribution < -0.4 is 0 Å². The Morgan fingerprint density at radius 2 is 1.41 bits per heavy atom. The minimum Gasteiger partial charge on any atom is -0.460 e. The number of rotatable bonds is 9. The molecule has 2 bridgehead atoms. The van der Waals surface area contributed by atoms with Crippen LogP contribution in [-0.4, -0.2) is 11.9 Å². The van der Waals surface area contributed by atoms with Gasteiger partial charge in [-0.05, 0) is 55.1 Å². The quantitative estimate of drug-likeness (QED) is 0.315. The standard InChI is InChI=1S/C30H34O4/c1-2-3-10-23-15-16-26-18-27(17-23)20-30(19-26,28(31)33-21-24-11-6-4-7-12-24)29(32)34-22-25-13-8-5-9-14-25/h4-9,11-17,26-27H,2-3,10,18-22H2,1H3. The molecule has 0 heterocycles. The number of unbranched alkanes of at least 4 members (excludes halogenated alkanes) is 1. The van der Waals surface area contributed by atoms with Gasteiger partial charge in [-0.25, -0.2) is 0 Å². The van der Waals surface area contributed by atoms with Crippen molar-refractivity contribution in [3.63, 3.8) is 0 Å². The molecule has 2 aliphatic rings. The zero-order valence-corrected chi connectivity index (χ0v) is 20.0. The van der Waals surface area contributed by atoms with Crippen molar-refractivity contribution < 1.29 is 19.1 Å². The zero-order chi connectivity index (χ0) is 23.8. The fourth-order valence-electron chi connectivity index (χ4n) is 5.11.